The average molecular weight is 226 g/mol. The molecule has 0 spiro atoms. The molecule has 1 aromatic rings. The molecule has 0 unspecified atom stereocenters. The molecule has 0 heteroatoms. The lowest BCUT2D eigenvalue weighted by atomic mass is 9.89. The number of hydrogen-bond acceptors (Lipinski definition) is 0. The maximum absolute atomic E-state index is 2.28. The molecular weight excluding hydrogens is 204 g/mol. The third kappa shape index (κ3) is 2.36. The van der Waals surface area contributed by atoms with Crippen LogP contribution >= 0.6 is 0 Å². The number of hydrogen-bond donors (Lipinski definition) is 0. The molecule has 0 saturated carbocycles. The van der Waals surface area contributed by atoms with Crippen LogP contribution in [0.5, 0.6) is 0 Å². The second-order valence-corrected chi connectivity index (χ2v) is 5.36. The van der Waals surface area contributed by atoms with Gasteiger partial charge in [0.15, 0.2) is 0 Å². The Bertz CT molecular complexity index is 479. The van der Waals surface area contributed by atoms with Gasteiger partial charge in [0.2, 0.25) is 0 Å². The Morgan fingerprint density at radius 1 is 0.882 bits per heavy atom. The van der Waals surface area contributed by atoms with Crippen molar-refractivity contribution in [3.05, 3.63) is 52.1 Å². The van der Waals surface area contributed by atoms with E-state index in [0.717, 1.165) is 0 Å². The van der Waals surface area contributed by atoms with Gasteiger partial charge in [0, 0.05) is 0 Å². The van der Waals surface area contributed by atoms with E-state index in [0.29, 0.717) is 0 Å². The van der Waals surface area contributed by atoms with Crippen LogP contribution in [0.3, 0.4) is 0 Å². The quantitative estimate of drug-likeness (QED) is 0.536. The standard InChI is InChI=1S/C17H22/c1-12(2)15-11-7-9-14-8-5-6-10-16(14)17(15)13(3)4/h5-6,8,10H,7,9,11H2,1-4H3. The summed E-state index contributed by atoms with van der Waals surface area (Å²) < 4.78 is 0. The van der Waals surface area contributed by atoms with Crippen molar-refractivity contribution in [3.8, 4) is 0 Å². The molecule has 17 heavy (non-hydrogen) atoms. The van der Waals surface area contributed by atoms with E-state index in [2.05, 4.69) is 52.0 Å². The molecule has 0 aliphatic heterocycles. The van der Waals surface area contributed by atoms with Gasteiger partial charge in [0.05, 0.1) is 0 Å². The van der Waals surface area contributed by atoms with Gasteiger partial charge < -0.3 is 0 Å². The van der Waals surface area contributed by atoms with Crippen molar-refractivity contribution in [2.75, 3.05) is 0 Å². The normalized spacial score (nSPS) is 15.3. The van der Waals surface area contributed by atoms with Gasteiger partial charge in [-0.15, -0.1) is 0 Å². The predicted octanol–water partition coefficient (Wildman–Crippen LogP) is 5.15. The van der Waals surface area contributed by atoms with Crippen LogP contribution in [0, 0.1) is 0 Å². The Labute approximate surface area is 105 Å². The number of allylic oxidation sites excluding steroid dienone is 4. The van der Waals surface area contributed by atoms with E-state index in [-0.39, 0.29) is 0 Å². The van der Waals surface area contributed by atoms with Crippen molar-refractivity contribution >= 4 is 5.57 Å². The summed E-state index contributed by atoms with van der Waals surface area (Å²) in [7, 11) is 0. The van der Waals surface area contributed by atoms with Gasteiger partial charge in [-0.2, -0.15) is 0 Å². The lowest BCUT2D eigenvalue weighted by Gasteiger charge is -2.15. The summed E-state index contributed by atoms with van der Waals surface area (Å²) in [5, 5.41) is 0. The van der Waals surface area contributed by atoms with Gasteiger partial charge in [-0.3, -0.25) is 0 Å². The van der Waals surface area contributed by atoms with Crippen LogP contribution in [-0.4, -0.2) is 0 Å². The number of benzene rings is 1. The first kappa shape index (κ1) is 12.2. The minimum Gasteiger partial charge on any atom is -0.0726 e. The fourth-order valence-corrected chi connectivity index (χ4v) is 2.80. The van der Waals surface area contributed by atoms with Crippen LogP contribution in [0.15, 0.2) is 41.0 Å². The van der Waals surface area contributed by atoms with Gasteiger partial charge in [-0.1, -0.05) is 35.4 Å². The molecule has 90 valence electrons. The van der Waals surface area contributed by atoms with E-state index in [1.165, 1.54) is 47.1 Å². The summed E-state index contributed by atoms with van der Waals surface area (Å²) in [6.07, 6.45) is 3.70. The molecule has 0 radical (unpaired) electrons. The Morgan fingerprint density at radius 3 is 2.24 bits per heavy atom. The van der Waals surface area contributed by atoms with Crippen LogP contribution in [0.4, 0.5) is 0 Å². The molecule has 0 amide bonds. The van der Waals surface area contributed by atoms with Gasteiger partial charge in [0.25, 0.3) is 0 Å². The lowest BCUT2D eigenvalue weighted by molar-refractivity contribution is 0.832. The highest BCUT2D eigenvalue weighted by molar-refractivity contribution is 5.83. The van der Waals surface area contributed by atoms with Crippen LogP contribution in [0.2, 0.25) is 0 Å². The van der Waals surface area contributed by atoms with Crippen molar-refractivity contribution in [3.63, 3.8) is 0 Å². The van der Waals surface area contributed by atoms with Crippen LogP contribution in [0.1, 0.15) is 51.7 Å². The molecule has 2 rings (SSSR count). The molecule has 0 fully saturated rings. The molecule has 0 N–H and O–H groups in total. The molecule has 0 nitrogen and oxygen atoms in total. The Kier molecular flexibility index (Phi) is 3.51. The molecule has 0 aromatic heterocycles. The van der Waals surface area contributed by atoms with Crippen LogP contribution in [0.25, 0.3) is 5.57 Å². The van der Waals surface area contributed by atoms with Gasteiger partial charge in [-0.05, 0) is 69.2 Å². The average Bonchev–Trinajstić information content (AvgIpc) is 2.47. The summed E-state index contributed by atoms with van der Waals surface area (Å²) in [4.78, 5) is 0. The Hall–Kier alpha value is -1.30. The van der Waals surface area contributed by atoms with Crippen molar-refractivity contribution in [2.24, 2.45) is 0 Å². The third-order valence-corrected chi connectivity index (χ3v) is 3.56. The highest BCUT2D eigenvalue weighted by Gasteiger charge is 2.17. The Balaban J connectivity index is 2.69. The number of rotatable bonds is 0. The first-order chi connectivity index (χ1) is 8.11. The molecule has 1 aromatic carbocycles. The third-order valence-electron chi connectivity index (χ3n) is 3.56. The van der Waals surface area contributed by atoms with E-state index in [1.54, 1.807) is 5.57 Å². The largest absolute Gasteiger partial charge is 0.0726 e. The molecule has 0 heterocycles. The van der Waals surface area contributed by atoms with Gasteiger partial charge >= 0.3 is 0 Å². The minimum atomic E-state index is 1.21. The van der Waals surface area contributed by atoms with E-state index >= 15 is 0 Å². The van der Waals surface area contributed by atoms with E-state index in [4.69, 9.17) is 0 Å². The van der Waals surface area contributed by atoms with Gasteiger partial charge in [-0.25, -0.2) is 0 Å². The lowest BCUT2D eigenvalue weighted by Crippen LogP contribution is -1.95. The fourth-order valence-electron chi connectivity index (χ4n) is 2.80. The summed E-state index contributed by atoms with van der Waals surface area (Å²) in [6.45, 7) is 8.96. The zero-order chi connectivity index (χ0) is 12.4. The van der Waals surface area contributed by atoms with Gasteiger partial charge in [0.1, 0.15) is 0 Å². The van der Waals surface area contributed by atoms with Crippen LogP contribution < -0.4 is 0 Å². The molecular formula is C17H22. The molecule has 0 atom stereocenters. The van der Waals surface area contributed by atoms with E-state index in [1.807, 2.05) is 0 Å². The van der Waals surface area contributed by atoms with Crippen molar-refractivity contribution < 1.29 is 0 Å². The zero-order valence-electron chi connectivity index (χ0n) is 11.4. The van der Waals surface area contributed by atoms with E-state index < -0.39 is 0 Å². The molecule has 1 aliphatic carbocycles. The smallest absolute Gasteiger partial charge is 0.0150 e. The second-order valence-electron chi connectivity index (χ2n) is 5.36. The van der Waals surface area contributed by atoms with Crippen LogP contribution in [-0.2, 0) is 6.42 Å². The first-order valence-electron chi connectivity index (χ1n) is 6.53. The summed E-state index contributed by atoms with van der Waals surface area (Å²) >= 11 is 0. The van der Waals surface area contributed by atoms with E-state index in [9.17, 15) is 0 Å². The first-order valence-corrected chi connectivity index (χ1v) is 6.53. The Morgan fingerprint density at radius 2 is 1.59 bits per heavy atom. The molecule has 0 bridgehead atoms. The number of aryl methyl sites for hydroxylation is 1. The maximum atomic E-state index is 2.28. The maximum Gasteiger partial charge on any atom is -0.0150 e. The highest BCUT2D eigenvalue weighted by atomic mass is 14.2. The summed E-state index contributed by atoms with van der Waals surface area (Å²) in [5.41, 5.74) is 8.95. The SMILES string of the molecule is CC(C)=C1CCCc2ccccc2C1=C(C)C. The second kappa shape index (κ2) is 4.91. The fraction of sp³-hybridized carbons (Fsp3) is 0.412. The molecule has 0 saturated heterocycles. The predicted molar refractivity (Wildman–Crippen MR) is 76.0 cm³/mol. The van der Waals surface area contributed by atoms with Crippen molar-refractivity contribution in [1.29, 1.82) is 0 Å². The van der Waals surface area contributed by atoms with Crippen molar-refractivity contribution in [2.45, 2.75) is 47.0 Å². The summed E-state index contributed by atoms with van der Waals surface area (Å²) in [6, 6.07) is 8.89. The minimum absolute atomic E-state index is 1.21. The monoisotopic (exact) mass is 226 g/mol. The highest BCUT2D eigenvalue weighted by Crippen LogP contribution is 2.37. The summed E-state index contributed by atoms with van der Waals surface area (Å²) in [5.74, 6) is 0. The number of fused-ring (bicyclic) bond motifs is 1. The topological polar surface area (TPSA) is 0 Å². The molecule has 1 aliphatic rings. The zero-order valence-corrected chi connectivity index (χ0v) is 11.4. The van der Waals surface area contributed by atoms with Crippen molar-refractivity contribution in [1.82, 2.24) is 0 Å².